The maximum Gasteiger partial charge on any atom is 0.303 e. The molecule has 26 heavy (non-hydrogen) atoms. The number of hydrogen-bond acceptors (Lipinski definition) is 3. The van der Waals surface area contributed by atoms with Crippen LogP contribution in [0.25, 0.3) is 0 Å². The maximum atomic E-state index is 9.98. The molecular weight excluding hydrogens is 336 g/mol. The van der Waals surface area contributed by atoms with E-state index in [0.29, 0.717) is 25.2 Å². The minimum absolute atomic E-state index is 0.318. The van der Waals surface area contributed by atoms with E-state index in [1.807, 2.05) is 0 Å². The van der Waals surface area contributed by atoms with E-state index in [0.717, 1.165) is 51.4 Å². The van der Waals surface area contributed by atoms with Crippen molar-refractivity contribution in [2.24, 2.45) is 5.92 Å². The summed E-state index contributed by atoms with van der Waals surface area (Å²) in [4.78, 5) is 29.8. The number of aliphatic carboxylic acids is 3. The highest BCUT2D eigenvalue weighted by molar-refractivity contribution is 5.67. The molecule has 0 spiro atoms. The van der Waals surface area contributed by atoms with Gasteiger partial charge in [0.15, 0.2) is 0 Å². The van der Waals surface area contributed by atoms with Crippen LogP contribution in [0.3, 0.4) is 0 Å². The van der Waals surface area contributed by atoms with E-state index >= 15 is 0 Å². The van der Waals surface area contributed by atoms with E-state index in [9.17, 15) is 14.4 Å². The molecule has 6 heteroatoms. The largest absolute Gasteiger partial charge is 0.481 e. The zero-order chi connectivity index (χ0) is 20.8. The number of hydrogen-bond donors (Lipinski definition) is 3. The smallest absolute Gasteiger partial charge is 0.303 e. The molecule has 0 amide bonds. The van der Waals surface area contributed by atoms with Gasteiger partial charge in [0.25, 0.3) is 0 Å². The summed E-state index contributed by atoms with van der Waals surface area (Å²) >= 11 is 0. The van der Waals surface area contributed by atoms with Gasteiger partial charge in [0.2, 0.25) is 0 Å². The van der Waals surface area contributed by atoms with Crippen LogP contribution in [0.4, 0.5) is 0 Å². The van der Waals surface area contributed by atoms with Crippen LogP contribution in [0.5, 0.6) is 0 Å². The molecule has 3 N–H and O–H groups in total. The molecule has 0 aliphatic heterocycles. The first-order chi connectivity index (χ1) is 12.2. The van der Waals surface area contributed by atoms with Gasteiger partial charge in [0.1, 0.15) is 0 Å². The fraction of sp³-hybridized carbons (Fsp3) is 0.850. The molecule has 0 heterocycles. The Kier molecular flexibility index (Phi) is 26.3. The fourth-order valence-corrected chi connectivity index (χ4v) is 1.89. The standard InChI is InChI=1S/2C7H14O2.C6H12O2/c1-6(2)4-3-5-7(8)9;1-2-3-4-5-6-7(8)9;1-2-3-4-5-6(7)8/h6H,3-5H2,1-2H3,(H,8,9);2-6H2,1H3,(H,8,9);2-5H2,1H3,(H,7,8). The van der Waals surface area contributed by atoms with Crippen LogP contribution in [0.15, 0.2) is 0 Å². The van der Waals surface area contributed by atoms with Crippen molar-refractivity contribution in [3.63, 3.8) is 0 Å². The second-order valence-electron chi connectivity index (χ2n) is 6.74. The van der Waals surface area contributed by atoms with Gasteiger partial charge in [-0.25, -0.2) is 0 Å². The Morgan fingerprint density at radius 3 is 1.31 bits per heavy atom. The lowest BCUT2D eigenvalue weighted by Crippen LogP contribution is -1.95. The summed E-state index contributed by atoms with van der Waals surface area (Å²) in [5.41, 5.74) is 0. The molecule has 156 valence electrons. The molecule has 0 unspecified atom stereocenters. The predicted octanol–water partition coefficient (Wildman–Crippen LogP) is 5.59. The Balaban J connectivity index is -0.000000306. The molecule has 0 saturated carbocycles. The molecule has 0 rings (SSSR count). The third-order valence-corrected chi connectivity index (χ3v) is 3.41. The molecule has 0 aliphatic carbocycles. The number of unbranched alkanes of at least 4 members (excludes halogenated alkanes) is 5. The van der Waals surface area contributed by atoms with Crippen LogP contribution in [0.2, 0.25) is 0 Å². The molecule has 0 bridgehead atoms. The van der Waals surface area contributed by atoms with Gasteiger partial charge in [0.05, 0.1) is 0 Å². The van der Waals surface area contributed by atoms with Crippen LogP contribution in [-0.2, 0) is 14.4 Å². The molecule has 0 fully saturated rings. The highest BCUT2D eigenvalue weighted by Crippen LogP contribution is 2.05. The van der Waals surface area contributed by atoms with E-state index in [1.165, 1.54) is 6.42 Å². The van der Waals surface area contributed by atoms with Gasteiger partial charge in [-0.05, 0) is 25.2 Å². The van der Waals surface area contributed by atoms with Crippen LogP contribution < -0.4 is 0 Å². The van der Waals surface area contributed by atoms with E-state index in [2.05, 4.69) is 27.7 Å². The molecule has 0 aliphatic rings. The van der Waals surface area contributed by atoms with E-state index in [-0.39, 0.29) is 0 Å². The molecule has 0 aromatic carbocycles. The normalized spacial score (nSPS) is 9.58. The Labute approximate surface area is 159 Å². The van der Waals surface area contributed by atoms with Crippen LogP contribution in [-0.4, -0.2) is 33.2 Å². The lowest BCUT2D eigenvalue weighted by Gasteiger charge is -1.99. The van der Waals surface area contributed by atoms with Crippen molar-refractivity contribution in [2.75, 3.05) is 0 Å². The van der Waals surface area contributed by atoms with Gasteiger partial charge >= 0.3 is 17.9 Å². The van der Waals surface area contributed by atoms with Crippen molar-refractivity contribution in [3.8, 4) is 0 Å². The molecule has 0 aromatic heterocycles. The summed E-state index contributed by atoms with van der Waals surface area (Å²) < 4.78 is 0. The van der Waals surface area contributed by atoms with Crippen molar-refractivity contribution in [1.29, 1.82) is 0 Å². The first-order valence-corrected chi connectivity index (χ1v) is 9.82. The van der Waals surface area contributed by atoms with E-state index in [1.54, 1.807) is 0 Å². The molecule has 6 nitrogen and oxygen atoms in total. The first-order valence-electron chi connectivity index (χ1n) is 9.82. The highest BCUT2D eigenvalue weighted by Gasteiger charge is 1.97. The van der Waals surface area contributed by atoms with Crippen LogP contribution in [0.1, 0.15) is 105 Å². The summed E-state index contributed by atoms with van der Waals surface area (Å²) in [6.07, 6.45) is 9.98. The summed E-state index contributed by atoms with van der Waals surface area (Å²) in [5.74, 6) is -1.41. The van der Waals surface area contributed by atoms with Gasteiger partial charge in [-0.15, -0.1) is 0 Å². The predicted molar refractivity (Wildman–Crippen MR) is 104 cm³/mol. The van der Waals surface area contributed by atoms with Gasteiger partial charge in [0, 0.05) is 19.3 Å². The van der Waals surface area contributed by atoms with Gasteiger partial charge in [-0.3, -0.25) is 14.4 Å². The van der Waals surface area contributed by atoms with Crippen molar-refractivity contribution in [1.82, 2.24) is 0 Å². The zero-order valence-electron chi connectivity index (χ0n) is 17.1. The topological polar surface area (TPSA) is 112 Å². The third kappa shape index (κ3) is 43.3. The number of carboxylic acid groups (broad SMARTS) is 3. The van der Waals surface area contributed by atoms with Crippen molar-refractivity contribution in [2.45, 2.75) is 105 Å². The Morgan fingerprint density at radius 1 is 0.615 bits per heavy atom. The average molecular weight is 377 g/mol. The minimum atomic E-state index is -0.685. The van der Waals surface area contributed by atoms with Gasteiger partial charge in [-0.1, -0.05) is 66.2 Å². The molecule has 0 saturated heterocycles. The third-order valence-electron chi connectivity index (χ3n) is 3.41. The summed E-state index contributed by atoms with van der Waals surface area (Å²) in [6, 6.07) is 0. The van der Waals surface area contributed by atoms with E-state index in [4.69, 9.17) is 15.3 Å². The Bertz CT molecular complexity index is 339. The highest BCUT2D eigenvalue weighted by atomic mass is 16.4. The summed E-state index contributed by atoms with van der Waals surface area (Å²) in [7, 11) is 0. The van der Waals surface area contributed by atoms with Crippen molar-refractivity contribution in [3.05, 3.63) is 0 Å². The summed E-state index contributed by atoms with van der Waals surface area (Å²) in [6.45, 7) is 8.37. The first kappa shape index (κ1) is 29.2. The molecule has 0 radical (unpaired) electrons. The second-order valence-corrected chi connectivity index (χ2v) is 6.74. The molecule has 0 aromatic rings. The maximum absolute atomic E-state index is 9.98. The van der Waals surface area contributed by atoms with E-state index < -0.39 is 17.9 Å². The van der Waals surface area contributed by atoms with Gasteiger partial charge in [-0.2, -0.15) is 0 Å². The number of rotatable bonds is 13. The number of carboxylic acids is 3. The molecular formula is C20H40O6. The SMILES string of the molecule is CC(C)CCCC(=O)O.CCCCCC(=O)O.CCCCCCC(=O)O. The average Bonchev–Trinajstić information content (AvgIpc) is 2.52. The zero-order valence-corrected chi connectivity index (χ0v) is 17.1. The lowest BCUT2D eigenvalue weighted by molar-refractivity contribution is -0.138. The van der Waals surface area contributed by atoms with Crippen LogP contribution >= 0.6 is 0 Å². The lowest BCUT2D eigenvalue weighted by atomic mass is 10.1. The fourth-order valence-electron chi connectivity index (χ4n) is 1.89. The Morgan fingerprint density at radius 2 is 0.962 bits per heavy atom. The molecule has 0 atom stereocenters. The second kappa shape index (κ2) is 23.4. The van der Waals surface area contributed by atoms with Crippen LogP contribution in [0, 0.1) is 5.92 Å². The Hall–Kier alpha value is -1.59. The van der Waals surface area contributed by atoms with Crippen molar-refractivity contribution >= 4 is 17.9 Å². The monoisotopic (exact) mass is 376 g/mol. The van der Waals surface area contributed by atoms with Crippen molar-refractivity contribution < 1.29 is 29.7 Å². The minimum Gasteiger partial charge on any atom is -0.481 e. The number of carbonyl (C=O) groups is 3. The summed E-state index contributed by atoms with van der Waals surface area (Å²) in [5, 5.41) is 24.6. The van der Waals surface area contributed by atoms with Gasteiger partial charge < -0.3 is 15.3 Å². The quantitative estimate of drug-likeness (QED) is 0.361.